The first-order valence-corrected chi connectivity index (χ1v) is 5.37. The van der Waals surface area contributed by atoms with Crippen molar-refractivity contribution in [3.05, 3.63) is 40.1 Å². The second-order valence-electron chi connectivity index (χ2n) is 3.12. The number of halogens is 2. The van der Waals surface area contributed by atoms with E-state index in [1.54, 1.807) is 18.2 Å². The van der Waals surface area contributed by atoms with Crippen LogP contribution in [0.2, 0.25) is 10.0 Å². The molecule has 0 bridgehead atoms. The van der Waals surface area contributed by atoms with Gasteiger partial charge in [0.2, 0.25) is 0 Å². The molecule has 0 aliphatic heterocycles. The molecule has 1 aromatic carbocycles. The minimum atomic E-state index is 0.435. The van der Waals surface area contributed by atoms with Crippen molar-refractivity contribution in [2.75, 3.05) is 11.3 Å². The fourth-order valence-electron chi connectivity index (χ4n) is 1.14. The second kappa shape index (κ2) is 5.03. The van der Waals surface area contributed by atoms with Crippen LogP contribution in [-0.2, 0) is 0 Å². The molecule has 4 N–H and O–H groups in total. The maximum absolute atomic E-state index is 5.97. The van der Waals surface area contributed by atoms with Crippen molar-refractivity contribution in [1.29, 1.82) is 0 Å². The van der Waals surface area contributed by atoms with Gasteiger partial charge in [-0.25, -0.2) is 0 Å². The van der Waals surface area contributed by atoms with Crippen LogP contribution in [0.1, 0.15) is 5.56 Å². The summed E-state index contributed by atoms with van der Waals surface area (Å²) in [6, 6.07) is 5.22. The van der Waals surface area contributed by atoms with Crippen molar-refractivity contribution < 1.29 is 4.68 Å². The largest absolute Gasteiger partial charge is 0.386 e. The Kier molecular flexibility index (Phi) is 3.46. The number of anilines is 1. The molecule has 0 amide bonds. The first-order valence-electron chi connectivity index (χ1n) is 4.61. The molecule has 2 aromatic rings. The van der Waals surface area contributed by atoms with Gasteiger partial charge in [0.05, 0.1) is 16.3 Å². The minimum Gasteiger partial charge on any atom is -0.299 e. The Morgan fingerprint density at radius 3 is 2.71 bits per heavy atom. The summed E-state index contributed by atoms with van der Waals surface area (Å²) in [6.07, 6.45) is 2.91. The zero-order valence-electron chi connectivity index (χ0n) is 8.56. The van der Waals surface area contributed by atoms with Gasteiger partial charge >= 0.3 is 5.95 Å². The zero-order valence-corrected chi connectivity index (χ0v) is 10.1. The molecule has 0 unspecified atom stereocenters. The van der Waals surface area contributed by atoms with E-state index in [0.717, 1.165) is 0 Å². The molecule has 1 heterocycles. The number of rotatable bonds is 3. The maximum Gasteiger partial charge on any atom is 0.386 e. The summed E-state index contributed by atoms with van der Waals surface area (Å²) in [6.45, 7) is 0. The molecule has 0 aliphatic rings. The number of hydrogen-bond donors (Lipinski definition) is 3. The number of nitrogens with two attached hydrogens (primary N) is 1. The Labute approximate surface area is 107 Å². The number of aromatic nitrogens is 3. The molecule has 1 aromatic heterocycles. The number of hydrazone groups is 1. The number of aromatic amines is 1. The highest BCUT2D eigenvalue weighted by Gasteiger charge is 2.06. The third-order valence-corrected chi connectivity index (χ3v) is 2.63. The van der Waals surface area contributed by atoms with Gasteiger partial charge in [0.1, 0.15) is 0 Å². The molecule has 0 atom stereocenters. The van der Waals surface area contributed by atoms with E-state index in [4.69, 9.17) is 29.0 Å². The molecule has 6 nitrogen and oxygen atoms in total. The maximum atomic E-state index is 5.97. The highest BCUT2D eigenvalue weighted by Crippen LogP contribution is 2.22. The number of H-pyrrole nitrogens is 1. The lowest BCUT2D eigenvalue weighted by Gasteiger charge is -1.99. The van der Waals surface area contributed by atoms with E-state index in [9.17, 15) is 0 Å². The zero-order chi connectivity index (χ0) is 12.3. The van der Waals surface area contributed by atoms with Crippen LogP contribution in [0, 0.1) is 0 Å². The molecule has 0 spiro atoms. The van der Waals surface area contributed by atoms with E-state index in [2.05, 4.69) is 20.7 Å². The summed E-state index contributed by atoms with van der Waals surface area (Å²) in [5.74, 6) is 5.95. The van der Waals surface area contributed by atoms with Gasteiger partial charge in [0, 0.05) is 5.56 Å². The van der Waals surface area contributed by atoms with Gasteiger partial charge in [-0.15, -0.1) is 14.9 Å². The van der Waals surface area contributed by atoms with E-state index in [1.165, 1.54) is 17.2 Å². The Balaban J connectivity index is 2.14. The highest BCUT2D eigenvalue weighted by molar-refractivity contribution is 6.38. The van der Waals surface area contributed by atoms with Gasteiger partial charge < -0.3 is 0 Å². The van der Waals surface area contributed by atoms with Crippen LogP contribution in [0.25, 0.3) is 0 Å². The van der Waals surface area contributed by atoms with Crippen LogP contribution in [-0.4, -0.2) is 16.4 Å². The lowest BCUT2D eigenvalue weighted by molar-refractivity contribution is -0.624. The van der Waals surface area contributed by atoms with Crippen molar-refractivity contribution in [2.45, 2.75) is 0 Å². The van der Waals surface area contributed by atoms with Gasteiger partial charge in [0.15, 0.2) is 0 Å². The number of hydrogen-bond acceptors (Lipinski definition) is 4. The molecule has 0 radical (unpaired) electrons. The summed E-state index contributed by atoms with van der Waals surface area (Å²) in [7, 11) is 0. The van der Waals surface area contributed by atoms with E-state index >= 15 is 0 Å². The SMILES string of the molecule is N[n+]1cn[nH]c1NN=Cc1c(Cl)cccc1Cl. The molecule has 8 heteroatoms. The van der Waals surface area contributed by atoms with Crippen LogP contribution in [0.15, 0.2) is 29.6 Å². The topological polar surface area (TPSA) is 83.0 Å². The predicted molar refractivity (Wildman–Crippen MR) is 66.6 cm³/mol. The Morgan fingerprint density at radius 2 is 2.12 bits per heavy atom. The van der Waals surface area contributed by atoms with Crippen LogP contribution in [0.5, 0.6) is 0 Å². The van der Waals surface area contributed by atoms with Crippen molar-refractivity contribution in [3.8, 4) is 0 Å². The smallest absolute Gasteiger partial charge is 0.299 e. The van der Waals surface area contributed by atoms with Gasteiger partial charge in [-0.05, 0) is 17.2 Å². The van der Waals surface area contributed by atoms with Crippen molar-refractivity contribution >= 4 is 35.4 Å². The summed E-state index contributed by atoms with van der Waals surface area (Å²) in [5.41, 5.74) is 3.30. The third kappa shape index (κ3) is 2.66. The first-order chi connectivity index (χ1) is 8.18. The average molecular weight is 272 g/mol. The predicted octanol–water partition coefficient (Wildman–Crippen LogP) is 1.16. The Hall–Kier alpha value is -1.79. The monoisotopic (exact) mass is 271 g/mol. The van der Waals surface area contributed by atoms with Gasteiger partial charge in [-0.3, -0.25) is 5.84 Å². The van der Waals surface area contributed by atoms with Crippen molar-refractivity contribution in [1.82, 2.24) is 10.2 Å². The quantitative estimate of drug-likeness (QED) is 0.339. The standard InChI is InChI=1S/C9H8Cl2N6/c10-7-2-1-3-8(11)6(7)4-13-15-9-16-14-5-17(9)12/h1-5H,12H2,(H,15,16)/p+1. The number of nitrogens with one attached hydrogen (secondary N) is 2. The van der Waals surface area contributed by atoms with E-state index < -0.39 is 0 Å². The molecule has 0 saturated carbocycles. The van der Waals surface area contributed by atoms with Crippen LogP contribution in [0.3, 0.4) is 0 Å². The number of nitrogen functional groups attached to an aromatic ring is 1. The fourth-order valence-corrected chi connectivity index (χ4v) is 1.64. The second-order valence-corrected chi connectivity index (χ2v) is 3.93. The summed E-state index contributed by atoms with van der Waals surface area (Å²) in [5, 5.41) is 11.3. The summed E-state index contributed by atoms with van der Waals surface area (Å²) >= 11 is 11.9. The van der Waals surface area contributed by atoms with Crippen LogP contribution >= 0.6 is 23.2 Å². The molecule has 2 rings (SSSR count). The minimum absolute atomic E-state index is 0.435. The van der Waals surface area contributed by atoms with Crippen LogP contribution < -0.4 is 15.9 Å². The number of benzene rings is 1. The Morgan fingerprint density at radius 1 is 1.41 bits per heavy atom. The van der Waals surface area contributed by atoms with Crippen LogP contribution in [0.4, 0.5) is 5.95 Å². The molecule has 88 valence electrons. The lowest BCUT2D eigenvalue weighted by Crippen LogP contribution is -2.44. The normalized spacial score (nSPS) is 10.9. The average Bonchev–Trinajstić information content (AvgIpc) is 2.69. The molecular weight excluding hydrogens is 263 g/mol. The third-order valence-electron chi connectivity index (χ3n) is 1.97. The molecule has 0 aliphatic carbocycles. The van der Waals surface area contributed by atoms with E-state index in [1.807, 2.05) is 0 Å². The van der Waals surface area contributed by atoms with Crippen molar-refractivity contribution in [3.63, 3.8) is 0 Å². The molecule has 17 heavy (non-hydrogen) atoms. The molecule has 0 saturated heterocycles. The molecular formula is C9H9Cl2N6+. The first kappa shape index (κ1) is 11.7. The summed E-state index contributed by atoms with van der Waals surface area (Å²) in [4.78, 5) is 0. The van der Waals surface area contributed by atoms with Gasteiger partial charge in [-0.2, -0.15) is 5.43 Å². The summed E-state index contributed by atoms with van der Waals surface area (Å²) < 4.78 is 1.26. The Bertz CT molecular complexity index is 530. The highest BCUT2D eigenvalue weighted by atomic mass is 35.5. The van der Waals surface area contributed by atoms with Gasteiger partial charge in [-0.1, -0.05) is 29.3 Å². The lowest BCUT2D eigenvalue weighted by atomic mass is 10.2. The van der Waals surface area contributed by atoms with Gasteiger partial charge in [0.25, 0.3) is 6.33 Å². The van der Waals surface area contributed by atoms with E-state index in [-0.39, 0.29) is 0 Å². The van der Waals surface area contributed by atoms with Crippen molar-refractivity contribution in [2.24, 2.45) is 5.10 Å². The molecule has 0 fully saturated rings. The fraction of sp³-hybridized carbons (Fsp3) is 0. The number of nitrogens with zero attached hydrogens (tertiary/aromatic N) is 3. The van der Waals surface area contributed by atoms with E-state index in [0.29, 0.717) is 21.6 Å².